The average Bonchev–Trinajstić information content (AvgIpc) is 3.19. The molecule has 0 aliphatic carbocycles. The van der Waals surface area contributed by atoms with Crippen LogP contribution in [-0.2, 0) is 15.8 Å². The summed E-state index contributed by atoms with van der Waals surface area (Å²) in [7, 11) is -3.43. The van der Waals surface area contributed by atoms with E-state index in [4.69, 9.17) is 0 Å². The number of nitrogens with one attached hydrogen (secondary N) is 3. The van der Waals surface area contributed by atoms with Crippen molar-refractivity contribution in [1.82, 2.24) is 14.9 Å². The first-order chi connectivity index (χ1) is 13.9. The van der Waals surface area contributed by atoms with Crippen LogP contribution in [0.4, 0.5) is 5.69 Å². The van der Waals surface area contributed by atoms with Gasteiger partial charge in [-0.25, -0.2) is 13.1 Å². The zero-order valence-electron chi connectivity index (χ0n) is 15.4. The van der Waals surface area contributed by atoms with Gasteiger partial charge < -0.3 is 5.32 Å². The molecular formula is C20H19BrN4O3S. The van der Waals surface area contributed by atoms with Gasteiger partial charge in [-0.3, -0.25) is 9.89 Å². The van der Waals surface area contributed by atoms with Crippen molar-refractivity contribution in [3.63, 3.8) is 0 Å². The number of hydrogen-bond donors (Lipinski definition) is 3. The summed E-state index contributed by atoms with van der Waals surface area (Å²) in [4.78, 5) is 12.4. The lowest BCUT2D eigenvalue weighted by molar-refractivity contribution is 0.102. The highest BCUT2D eigenvalue weighted by atomic mass is 79.9. The second kappa shape index (κ2) is 9.17. The molecule has 0 spiro atoms. The lowest BCUT2D eigenvalue weighted by Crippen LogP contribution is -2.25. The highest BCUT2D eigenvalue weighted by Crippen LogP contribution is 2.21. The lowest BCUT2D eigenvalue weighted by atomic mass is 10.1. The third-order valence-corrected chi connectivity index (χ3v) is 5.83. The zero-order valence-corrected chi connectivity index (χ0v) is 17.8. The van der Waals surface area contributed by atoms with Crippen LogP contribution in [-0.4, -0.2) is 31.1 Å². The van der Waals surface area contributed by atoms with E-state index in [0.717, 1.165) is 10.0 Å². The van der Waals surface area contributed by atoms with E-state index in [9.17, 15) is 13.2 Å². The average molecular weight is 475 g/mol. The van der Waals surface area contributed by atoms with Crippen molar-refractivity contribution < 1.29 is 13.2 Å². The molecule has 150 valence electrons. The van der Waals surface area contributed by atoms with Gasteiger partial charge in [0.15, 0.2) is 0 Å². The van der Waals surface area contributed by atoms with Crippen LogP contribution in [0.2, 0.25) is 0 Å². The standard InChI is InChI=1S/C20H19BrN4O3S/c1-2-11-22-29(27,28)13-14-3-9-17(10-4-14)23-20(26)19-12-18(24-25-19)15-5-7-16(21)8-6-15/h2-10,12,22H,1,11,13H2,(H,23,26)(H,24,25). The first kappa shape index (κ1) is 21.0. The molecule has 0 fully saturated rings. The number of carbonyl (C=O) groups is 1. The maximum Gasteiger partial charge on any atom is 0.273 e. The molecular weight excluding hydrogens is 456 g/mol. The smallest absolute Gasteiger partial charge is 0.273 e. The molecule has 1 aromatic heterocycles. The summed E-state index contributed by atoms with van der Waals surface area (Å²) < 4.78 is 27.2. The van der Waals surface area contributed by atoms with Gasteiger partial charge in [-0.05, 0) is 35.9 Å². The van der Waals surface area contributed by atoms with Gasteiger partial charge in [0.2, 0.25) is 10.0 Å². The molecule has 0 bridgehead atoms. The van der Waals surface area contributed by atoms with Gasteiger partial charge in [0.25, 0.3) is 5.91 Å². The Morgan fingerprint density at radius 1 is 1.14 bits per heavy atom. The number of nitrogens with zero attached hydrogens (tertiary/aromatic N) is 1. The van der Waals surface area contributed by atoms with Crippen molar-refractivity contribution in [3.8, 4) is 11.3 Å². The highest BCUT2D eigenvalue weighted by molar-refractivity contribution is 9.10. The summed E-state index contributed by atoms with van der Waals surface area (Å²) in [6.45, 7) is 3.66. The normalized spacial score (nSPS) is 11.2. The van der Waals surface area contributed by atoms with Crippen LogP contribution >= 0.6 is 15.9 Å². The molecule has 3 rings (SSSR count). The topological polar surface area (TPSA) is 104 Å². The van der Waals surface area contributed by atoms with Gasteiger partial charge in [-0.15, -0.1) is 6.58 Å². The van der Waals surface area contributed by atoms with E-state index < -0.39 is 10.0 Å². The number of aromatic nitrogens is 2. The number of halogens is 1. The van der Waals surface area contributed by atoms with Gasteiger partial charge in [0.1, 0.15) is 5.69 Å². The molecule has 9 heteroatoms. The monoisotopic (exact) mass is 474 g/mol. The minimum absolute atomic E-state index is 0.147. The highest BCUT2D eigenvalue weighted by Gasteiger charge is 2.13. The Labute approximate surface area is 177 Å². The molecule has 0 aliphatic rings. The van der Waals surface area contributed by atoms with E-state index in [1.165, 1.54) is 6.08 Å². The number of anilines is 1. The fourth-order valence-electron chi connectivity index (χ4n) is 2.55. The molecule has 1 amide bonds. The van der Waals surface area contributed by atoms with Crippen LogP contribution in [0.5, 0.6) is 0 Å². The molecule has 7 nitrogen and oxygen atoms in total. The van der Waals surface area contributed by atoms with Crippen LogP contribution in [0.15, 0.2) is 71.7 Å². The minimum Gasteiger partial charge on any atom is -0.321 e. The van der Waals surface area contributed by atoms with E-state index in [2.05, 4.69) is 42.7 Å². The number of benzene rings is 2. The van der Waals surface area contributed by atoms with E-state index in [1.54, 1.807) is 30.3 Å². The van der Waals surface area contributed by atoms with E-state index in [1.807, 2.05) is 24.3 Å². The summed E-state index contributed by atoms with van der Waals surface area (Å²) >= 11 is 3.38. The van der Waals surface area contributed by atoms with Crippen molar-refractivity contribution in [2.75, 3.05) is 11.9 Å². The Balaban J connectivity index is 1.64. The number of aromatic amines is 1. The second-order valence-electron chi connectivity index (χ2n) is 6.22. The van der Waals surface area contributed by atoms with Gasteiger partial charge in [-0.1, -0.05) is 46.3 Å². The van der Waals surface area contributed by atoms with Crippen LogP contribution in [0.25, 0.3) is 11.3 Å². The van der Waals surface area contributed by atoms with Crippen molar-refractivity contribution in [3.05, 3.63) is 83.0 Å². The third-order valence-electron chi connectivity index (χ3n) is 3.98. The molecule has 1 heterocycles. The molecule has 0 radical (unpaired) electrons. The Kier molecular flexibility index (Phi) is 6.63. The van der Waals surface area contributed by atoms with Crippen molar-refractivity contribution in [2.45, 2.75) is 5.75 Å². The van der Waals surface area contributed by atoms with Crippen LogP contribution < -0.4 is 10.0 Å². The van der Waals surface area contributed by atoms with Gasteiger partial charge in [0, 0.05) is 22.3 Å². The SMILES string of the molecule is C=CCNS(=O)(=O)Cc1ccc(NC(=O)c2cc(-c3ccc(Br)cc3)n[nH]2)cc1. The van der Waals surface area contributed by atoms with E-state index >= 15 is 0 Å². The molecule has 0 saturated heterocycles. The fourth-order valence-corrected chi connectivity index (χ4v) is 3.92. The van der Waals surface area contributed by atoms with Gasteiger partial charge >= 0.3 is 0 Å². The third kappa shape index (κ3) is 5.86. The van der Waals surface area contributed by atoms with Gasteiger partial charge in [0.05, 0.1) is 11.4 Å². The molecule has 0 atom stereocenters. The summed E-state index contributed by atoms with van der Waals surface area (Å²) in [5.41, 5.74) is 3.03. The summed E-state index contributed by atoms with van der Waals surface area (Å²) in [6.07, 6.45) is 1.48. The van der Waals surface area contributed by atoms with Crippen LogP contribution in [0.1, 0.15) is 16.1 Å². The Hall–Kier alpha value is -2.75. The number of sulfonamides is 1. The molecule has 0 aliphatic heterocycles. The van der Waals surface area contributed by atoms with Crippen molar-refractivity contribution in [2.24, 2.45) is 0 Å². The maximum atomic E-state index is 12.4. The number of H-pyrrole nitrogens is 1. The maximum absolute atomic E-state index is 12.4. The van der Waals surface area contributed by atoms with Crippen molar-refractivity contribution >= 4 is 37.5 Å². The predicted octanol–water partition coefficient (Wildman–Crippen LogP) is 3.70. The minimum atomic E-state index is -3.43. The van der Waals surface area contributed by atoms with Crippen molar-refractivity contribution in [1.29, 1.82) is 0 Å². The molecule has 0 unspecified atom stereocenters. The Morgan fingerprint density at radius 2 is 1.83 bits per heavy atom. The second-order valence-corrected chi connectivity index (χ2v) is 8.94. The Morgan fingerprint density at radius 3 is 2.48 bits per heavy atom. The Bertz CT molecular complexity index is 1110. The first-order valence-electron chi connectivity index (χ1n) is 8.66. The summed E-state index contributed by atoms with van der Waals surface area (Å²) in [5, 5.41) is 9.67. The number of amides is 1. The quantitative estimate of drug-likeness (QED) is 0.433. The first-order valence-corrected chi connectivity index (χ1v) is 11.1. The largest absolute Gasteiger partial charge is 0.321 e. The van der Waals surface area contributed by atoms with Crippen LogP contribution in [0.3, 0.4) is 0 Å². The van der Waals surface area contributed by atoms with Gasteiger partial charge in [-0.2, -0.15) is 5.10 Å². The molecule has 3 aromatic rings. The summed E-state index contributed by atoms with van der Waals surface area (Å²) in [6, 6.07) is 15.9. The molecule has 3 N–H and O–H groups in total. The lowest BCUT2D eigenvalue weighted by Gasteiger charge is -2.07. The fraction of sp³-hybridized carbons (Fsp3) is 0.100. The zero-order chi connectivity index (χ0) is 20.9. The summed E-state index contributed by atoms with van der Waals surface area (Å²) in [5.74, 6) is -0.486. The molecule has 29 heavy (non-hydrogen) atoms. The predicted molar refractivity (Wildman–Crippen MR) is 117 cm³/mol. The van der Waals surface area contributed by atoms with E-state index in [-0.39, 0.29) is 18.2 Å². The number of hydrogen-bond acceptors (Lipinski definition) is 4. The number of carbonyl (C=O) groups excluding carboxylic acids is 1. The van der Waals surface area contributed by atoms with Crippen LogP contribution in [0, 0.1) is 0 Å². The molecule has 2 aromatic carbocycles. The van der Waals surface area contributed by atoms with E-state index in [0.29, 0.717) is 22.6 Å². The number of rotatable bonds is 8. The molecule has 0 saturated carbocycles.